The number of hydrogen-bond acceptors (Lipinski definition) is 3. The van der Waals surface area contributed by atoms with Crippen molar-refractivity contribution in [1.29, 1.82) is 0 Å². The first-order valence-electron chi connectivity index (χ1n) is 6.81. The van der Waals surface area contributed by atoms with Gasteiger partial charge in [0, 0.05) is 12.1 Å². The van der Waals surface area contributed by atoms with Crippen LogP contribution in [0.15, 0.2) is 24.3 Å². The maximum absolute atomic E-state index is 11.7. The van der Waals surface area contributed by atoms with Crippen LogP contribution in [0, 0.1) is 0 Å². The van der Waals surface area contributed by atoms with Crippen molar-refractivity contribution >= 4 is 12.0 Å². The van der Waals surface area contributed by atoms with Crippen LogP contribution in [0.3, 0.4) is 0 Å². The molecule has 4 heteroatoms. The predicted octanol–water partition coefficient (Wildman–Crippen LogP) is 3.02. The summed E-state index contributed by atoms with van der Waals surface area (Å²) in [5.74, 6) is 1.24. The van der Waals surface area contributed by atoms with E-state index in [2.05, 4.69) is 12.2 Å². The first-order valence-corrected chi connectivity index (χ1v) is 6.81. The molecule has 1 N–H and O–H groups in total. The second kappa shape index (κ2) is 8.25. The lowest BCUT2D eigenvalue weighted by Gasteiger charge is -2.10. The summed E-state index contributed by atoms with van der Waals surface area (Å²) in [4.78, 5) is 11.7. The fraction of sp³-hybridized carbons (Fsp3) is 0.438. The molecule has 0 fully saturated rings. The van der Waals surface area contributed by atoms with Gasteiger partial charge in [-0.2, -0.15) is 0 Å². The Morgan fingerprint density at radius 2 is 2.00 bits per heavy atom. The van der Waals surface area contributed by atoms with E-state index in [4.69, 9.17) is 9.47 Å². The standard InChI is InChI=1S/C16H23NO3/c1-5-6-12(2)17-16(18)10-8-13-7-9-14(19-3)15(11-13)20-4/h7-12H,5-6H2,1-4H3,(H,17,18)/b10-8+. The molecule has 1 unspecified atom stereocenters. The fourth-order valence-electron chi connectivity index (χ4n) is 1.92. The topological polar surface area (TPSA) is 47.6 Å². The molecule has 1 rings (SSSR count). The molecule has 1 aromatic rings. The van der Waals surface area contributed by atoms with Crippen LogP contribution >= 0.6 is 0 Å². The highest BCUT2D eigenvalue weighted by Gasteiger charge is 2.04. The maximum Gasteiger partial charge on any atom is 0.244 e. The molecule has 0 heterocycles. The number of rotatable bonds is 7. The average Bonchev–Trinajstić information content (AvgIpc) is 2.44. The van der Waals surface area contributed by atoms with E-state index < -0.39 is 0 Å². The molecular formula is C16H23NO3. The third-order valence-corrected chi connectivity index (χ3v) is 2.95. The Kier molecular flexibility index (Phi) is 6.64. The van der Waals surface area contributed by atoms with Gasteiger partial charge < -0.3 is 14.8 Å². The Balaban J connectivity index is 2.68. The summed E-state index contributed by atoms with van der Waals surface area (Å²) in [6, 6.07) is 5.72. The Morgan fingerprint density at radius 3 is 2.60 bits per heavy atom. The molecule has 1 aromatic carbocycles. The van der Waals surface area contributed by atoms with Crippen molar-refractivity contribution in [1.82, 2.24) is 5.32 Å². The lowest BCUT2D eigenvalue weighted by Crippen LogP contribution is -2.30. The van der Waals surface area contributed by atoms with E-state index >= 15 is 0 Å². The zero-order valence-electron chi connectivity index (χ0n) is 12.6. The van der Waals surface area contributed by atoms with Gasteiger partial charge in [-0.3, -0.25) is 4.79 Å². The van der Waals surface area contributed by atoms with Crippen molar-refractivity contribution in [2.75, 3.05) is 14.2 Å². The van der Waals surface area contributed by atoms with E-state index in [0.29, 0.717) is 11.5 Å². The quantitative estimate of drug-likeness (QED) is 0.779. The molecule has 1 amide bonds. The third-order valence-electron chi connectivity index (χ3n) is 2.95. The highest BCUT2D eigenvalue weighted by Crippen LogP contribution is 2.27. The van der Waals surface area contributed by atoms with Crippen LogP contribution in [0.4, 0.5) is 0 Å². The molecule has 0 saturated heterocycles. The molecule has 0 spiro atoms. The fourth-order valence-corrected chi connectivity index (χ4v) is 1.92. The first-order chi connectivity index (χ1) is 9.60. The molecule has 110 valence electrons. The van der Waals surface area contributed by atoms with Crippen LogP contribution in [0.25, 0.3) is 6.08 Å². The largest absolute Gasteiger partial charge is 0.493 e. The molecule has 0 aromatic heterocycles. The third kappa shape index (κ3) is 4.96. The van der Waals surface area contributed by atoms with Gasteiger partial charge in [0.15, 0.2) is 11.5 Å². The van der Waals surface area contributed by atoms with Gasteiger partial charge in [-0.25, -0.2) is 0 Å². The molecule has 0 aliphatic carbocycles. The normalized spacial score (nSPS) is 12.2. The zero-order chi connectivity index (χ0) is 15.0. The lowest BCUT2D eigenvalue weighted by atomic mass is 10.1. The summed E-state index contributed by atoms with van der Waals surface area (Å²) in [6.45, 7) is 4.10. The molecule has 4 nitrogen and oxygen atoms in total. The molecule has 0 saturated carbocycles. The number of ether oxygens (including phenoxy) is 2. The van der Waals surface area contributed by atoms with Gasteiger partial charge in [-0.1, -0.05) is 19.4 Å². The Labute approximate surface area is 120 Å². The summed E-state index contributed by atoms with van der Waals surface area (Å²) >= 11 is 0. The van der Waals surface area contributed by atoms with Crippen molar-refractivity contribution in [3.8, 4) is 11.5 Å². The molecule has 1 atom stereocenters. The summed E-state index contributed by atoms with van der Waals surface area (Å²) < 4.78 is 10.4. The number of amides is 1. The maximum atomic E-state index is 11.7. The van der Waals surface area contributed by atoms with Crippen LogP contribution < -0.4 is 14.8 Å². The van der Waals surface area contributed by atoms with Gasteiger partial charge >= 0.3 is 0 Å². The van der Waals surface area contributed by atoms with E-state index in [1.165, 1.54) is 6.08 Å². The smallest absolute Gasteiger partial charge is 0.244 e. The summed E-state index contributed by atoms with van der Waals surface area (Å²) in [7, 11) is 3.18. The monoisotopic (exact) mass is 277 g/mol. The van der Waals surface area contributed by atoms with Gasteiger partial charge in [0.25, 0.3) is 0 Å². The molecule has 0 aliphatic rings. The first kappa shape index (κ1) is 16.1. The molecular weight excluding hydrogens is 254 g/mol. The van der Waals surface area contributed by atoms with E-state index in [1.807, 2.05) is 25.1 Å². The van der Waals surface area contributed by atoms with Crippen molar-refractivity contribution in [3.63, 3.8) is 0 Å². The number of methoxy groups -OCH3 is 2. The summed E-state index contributed by atoms with van der Waals surface area (Å²) in [5.41, 5.74) is 0.890. The van der Waals surface area contributed by atoms with Crippen LogP contribution in [0.2, 0.25) is 0 Å². The van der Waals surface area contributed by atoms with E-state index in [1.54, 1.807) is 20.3 Å². The van der Waals surface area contributed by atoms with Gasteiger partial charge in [0.05, 0.1) is 14.2 Å². The van der Waals surface area contributed by atoms with Crippen LogP contribution in [0.1, 0.15) is 32.3 Å². The van der Waals surface area contributed by atoms with Crippen LogP contribution in [-0.2, 0) is 4.79 Å². The lowest BCUT2D eigenvalue weighted by molar-refractivity contribution is -0.117. The van der Waals surface area contributed by atoms with E-state index in [9.17, 15) is 4.79 Å². The number of carbonyl (C=O) groups excluding carboxylic acids is 1. The van der Waals surface area contributed by atoms with Crippen molar-refractivity contribution in [3.05, 3.63) is 29.8 Å². The van der Waals surface area contributed by atoms with Crippen LogP contribution in [-0.4, -0.2) is 26.2 Å². The van der Waals surface area contributed by atoms with E-state index in [0.717, 1.165) is 18.4 Å². The minimum absolute atomic E-state index is 0.0827. The van der Waals surface area contributed by atoms with Gasteiger partial charge in [-0.05, 0) is 37.1 Å². The van der Waals surface area contributed by atoms with Crippen molar-refractivity contribution in [2.24, 2.45) is 0 Å². The predicted molar refractivity (Wildman–Crippen MR) is 81.1 cm³/mol. The second-order valence-electron chi connectivity index (χ2n) is 4.65. The number of carbonyl (C=O) groups is 1. The summed E-state index contributed by atoms with van der Waals surface area (Å²) in [6.07, 6.45) is 5.33. The Bertz CT molecular complexity index is 469. The highest BCUT2D eigenvalue weighted by atomic mass is 16.5. The number of nitrogens with one attached hydrogen (secondary N) is 1. The average molecular weight is 277 g/mol. The van der Waals surface area contributed by atoms with Gasteiger partial charge in [-0.15, -0.1) is 0 Å². The number of hydrogen-bond donors (Lipinski definition) is 1. The molecule has 20 heavy (non-hydrogen) atoms. The molecule has 0 radical (unpaired) electrons. The minimum atomic E-state index is -0.0827. The van der Waals surface area contributed by atoms with Gasteiger partial charge in [0.2, 0.25) is 5.91 Å². The zero-order valence-corrected chi connectivity index (χ0v) is 12.6. The summed E-state index contributed by atoms with van der Waals surface area (Å²) in [5, 5.41) is 2.92. The SMILES string of the molecule is CCCC(C)NC(=O)/C=C/c1ccc(OC)c(OC)c1. The Morgan fingerprint density at radius 1 is 1.30 bits per heavy atom. The Hall–Kier alpha value is -1.97. The van der Waals surface area contributed by atoms with E-state index in [-0.39, 0.29) is 11.9 Å². The minimum Gasteiger partial charge on any atom is -0.493 e. The second-order valence-corrected chi connectivity index (χ2v) is 4.65. The molecule has 0 aliphatic heterocycles. The van der Waals surface area contributed by atoms with Crippen LogP contribution in [0.5, 0.6) is 11.5 Å². The number of benzene rings is 1. The van der Waals surface area contributed by atoms with Crippen molar-refractivity contribution in [2.45, 2.75) is 32.7 Å². The molecule has 0 bridgehead atoms. The highest BCUT2D eigenvalue weighted by molar-refractivity contribution is 5.91. The van der Waals surface area contributed by atoms with Gasteiger partial charge in [0.1, 0.15) is 0 Å². The van der Waals surface area contributed by atoms with Crippen molar-refractivity contribution < 1.29 is 14.3 Å².